The largest absolute Gasteiger partial charge is 0.369 e. The molecular weight excluding hydrogens is 326 g/mol. The number of hydrogen-bond donors (Lipinski definition) is 0. The van der Waals surface area contributed by atoms with E-state index in [9.17, 15) is 8.42 Å². The Morgan fingerprint density at radius 2 is 1.67 bits per heavy atom. The van der Waals surface area contributed by atoms with Crippen molar-refractivity contribution in [2.75, 3.05) is 31.1 Å². The Morgan fingerprint density at radius 1 is 1.00 bits per heavy atom. The van der Waals surface area contributed by atoms with Gasteiger partial charge in [-0.25, -0.2) is 8.42 Å². The Labute approximate surface area is 143 Å². The van der Waals surface area contributed by atoms with E-state index in [2.05, 4.69) is 42.1 Å². The van der Waals surface area contributed by atoms with Crippen LogP contribution in [0.15, 0.2) is 27.6 Å². The van der Waals surface area contributed by atoms with E-state index >= 15 is 0 Å². The van der Waals surface area contributed by atoms with Crippen LogP contribution in [0, 0.1) is 27.7 Å². The molecule has 0 amide bonds. The van der Waals surface area contributed by atoms with Gasteiger partial charge in [-0.15, -0.1) is 0 Å². The summed E-state index contributed by atoms with van der Waals surface area (Å²) in [6, 6.07) is 6.37. The molecule has 0 unspecified atom stereocenters. The van der Waals surface area contributed by atoms with Crippen molar-refractivity contribution in [1.29, 1.82) is 0 Å². The molecule has 1 aliphatic rings. The van der Waals surface area contributed by atoms with E-state index in [1.54, 1.807) is 13.8 Å². The second-order valence-corrected chi connectivity index (χ2v) is 8.19. The average molecular weight is 349 g/mol. The second-order valence-electron chi connectivity index (χ2n) is 6.31. The summed E-state index contributed by atoms with van der Waals surface area (Å²) in [5, 5.41) is 3.77. The molecule has 2 heterocycles. The molecule has 0 saturated carbocycles. The molecular formula is C17H23N3O3S. The van der Waals surface area contributed by atoms with Crippen molar-refractivity contribution in [3.8, 4) is 0 Å². The first-order valence-electron chi connectivity index (χ1n) is 8.06. The number of aromatic nitrogens is 1. The van der Waals surface area contributed by atoms with Crippen LogP contribution in [-0.4, -0.2) is 44.1 Å². The van der Waals surface area contributed by atoms with Crippen LogP contribution in [0.2, 0.25) is 0 Å². The van der Waals surface area contributed by atoms with Gasteiger partial charge < -0.3 is 9.42 Å². The fraction of sp³-hybridized carbons (Fsp3) is 0.471. The van der Waals surface area contributed by atoms with Gasteiger partial charge in [-0.1, -0.05) is 11.2 Å². The maximum Gasteiger partial charge on any atom is 0.248 e. The smallest absolute Gasteiger partial charge is 0.248 e. The lowest BCUT2D eigenvalue weighted by Crippen LogP contribution is -2.48. The topological polar surface area (TPSA) is 66.7 Å². The molecule has 6 nitrogen and oxygen atoms in total. The van der Waals surface area contributed by atoms with Crippen LogP contribution >= 0.6 is 0 Å². The quantitative estimate of drug-likeness (QED) is 0.851. The molecule has 1 aromatic carbocycles. The van der Waals surface area contributed by atoms with Crippen LogP contribution in [0.3, 0.4) is 0 Å². The predicted molar refractivity (Wildman–Crippen MR) is 92.9 cm³/mol. The number of aryl methyl sites for hydroxylation is 4. The third kappa shape index (κ3) is 2.93. The molecule has 2 aromatic rings. The maximum atomic E-state index is 12.8. The van der Waals surface area contributed by atoms with Gasteiger partial charge in [0.05, 0.1) is 0 Å². The fourth-order valence-corrected chi connectivity index (χ4v) is 4.79. The summed E-state index contributed by atoms with van der Waals surface area (Å²) in [5.74, 6) is 0.351. The monoisotopic (exact) mass is 349 g/mol. The standard InChI is InChI=1S/C17H23N3O3S/c1-12-5-6-16(11-13(12)2)19-7-9-20(10-8-19)24(21,22)17-14(3)18-23-15(17)4/h5-6,11H,7-10H2,1-4H3. The minimum atomic E-state index is -3.55. The third-order valence-electron chi connectivity index (χ3n) is 4.66. The number of hydrogen-bond acceptors (Lipinski definition) is 5. The molecule has 3 rings (SSSR count). The van der Waals surface area contributed by atoms with Gasteiger partial charge in [0.25, 0.3) is 0 Å². The molecule has 0 aliphatic carbocycles. The predicted octanol–water partition coefficient (Wildman–Crippen LogP) is 2.42. The molecule has 24 heavy (non-hydrogen) atoms. The zero-order valence-electron chi connectivity index (χ0n) is 14.5. The van der Waals surface area contributed by atoms with Gasteiger partial charge in [-0.2, -0.15) is 4.31 Å². The first-order valence-corrected chi connectivity index (χ1v) is 9.50. The minimum absolute atomic E-state index is 0.210. The van der Waals surface area contributed by atoms with E-state index in [4.69, 9.17) is 4.52 Å². The molecule has 0 spiro atoms. The minimum Gasteiger partial charge on any atom is -0.369 e. The van der Waals surface area contributed by atoms with Gasteiger partial charge >= 0.3 is 0 Å². The lowest BCUT2D eigenvalue weighted by Gasteiger charge is -2.35. The molecule has 0 radical (unpaired) electrons. The molecule has 0 bridgehead atoms. The van der Waals surface area contributed by atoms with E-state index in [1.165, 1.54) is 15.4 Å². The van der Waals surface area contributed by atoms with E-state index < -0.39 is 10.0 Å². The van der Waals surface area contributed by atoms with Gasteiger partial charge in [-0.05, 0) is 51.0 Å². The number of benzene rings is 1. The van der Waals surface area contributed by atoms with Gasteiger partial charge in [0.15, 0.2) is 5.76 Å². The Hall–Kier alpha value is -1.86. The summed E-state index contributed by atoms with van der Waals surface area (Å²) < 4.78 is 32.2. The highest BCUT2D eigenvalue weighted by molar-refractivity contribution is 7.89. The first kappa shape index (κ1) is 17.0. The highest BCUT2D eigenvalue weighted by Crippen LogP contribution is 2.26. The van der Waals surface area contributed by atoms with Gasteiger partial charge in [-0.3, -0.25) is 0 Å². The van der Waals surface area contributed by atoms with Crippen molar-refractivity contribution < 1.29 is 12.9 Å². The molecule has 1 aliphatic heterocycles. The van der Waals surface area contributed by atoms with Crippen LogP contribution in [-0.2, 0) is 10.0 Å². The van der Waals surface area contributed by atoms with Gasteiger partial charge in [0.1, 0.15) is 10.6 Å². The van der Waals surface area contributed by atoms with E-state index in [0.717, 1.165) is 5.69 Å². The summed E-state index contributed by atoms with van der Waals surface area (Å²) in [4.78, 5) is 2.44. The lowest BCUT2D eigenvalue weighted by molar-refractivity contribution is 0.378. The molecule has 7 heteroatoms. The van der Waals surface area contributed by atoms with Crippen molar-refractivity contribution >= 4 is 15.7 Å². The fourth-order valence-electron chi connectivity index (χ4n) is 3.08. The molecule has 0 N–H and O–H groups in total. The van der Waals surface area contributed by atoms with Crippen LogP contribution in [0.25, 0.3) is 0 Å². The summed E-state index contributed by atoms with van der Waals surface area (Å²) in [5.41, 5.74) is 4.08. The highest BCUT2D eigenvalue weighted by atomic mass is 32.2. The number of sulfonamides is 1. The van der Waals surface area contributed by atoms with Crippen LogP contribution < -0.4 is 4.90 Å². The summed E-state index contributed by atoms with van der Waals surface area (Å²) in [7, 11) is -3.55. The summed E-state index contributed by atoms with van der Waals surface area (Å²) in [6.45, 7) is 9.74. The Kier molecular flexibility index (Phi) is 4.40. The lowest BCUT2D eigenvalue weighted by atomic mass is 10.1. The normalized spacial score (nSPS) is 16.6. The van der Waals surface area contributed by atoms with Crippen molar-refractivity contribution in [2.24, 2.45) is 0 Å². The second kappa shape index (κ2) is 6.22. The van der Waals surface area contributed by atoms with Gasteiger partial charge in [0, 0.05) is 31.9 Å². The van der Waals surface area contributed by atoms with E-state index in [0.29, 0.717) is 37.6 Å². The van der Waals surface area contributed by atoms with Crippen molar-refractivity contribution in [1.82, 2.24) is 9.46 Å². The Bertz CT molecular complexity index is 830. The molecule has 1 saturated heterocycles. The van der Waals surface area contributed by atoms with E-state index in [1.807, 2.05) is 0 Å². The number of anilines is 1. The molecule has 130 valence electrons. The number of nitrogens with zero attached hydrogens (tertiary/aromatic N) is 3. The third-order valence-corrected chi connectivity index (χ3v) is 6.80. The zero-order chi connectivity index (χ0) is 17.5. The van der Waals surface area contributed by atoms with Crippen LogP contribution in [0.4, 0.5) is 5.69 Å². The molecule has 0 atom stereocenters. The zero-order valence-corrected chi connectivity index (χ0v) is 15.4. The Balaban J connectivity index is 1.76. The number of rotatable bonds is 3. The highest BCUT2D eigenvalue weighted by Gasteiger charge is 2.33. The number of piperazine rings is 1. The van der Waals surface area contributed by atoms with E-state index in [-0.39, 0.29) is 4.90 Å². The summed E-state index contributed by atoms with van der Waals surface area (Å²) in [6.07, 6.45) is 0. The first-order chi connectivity index (χ1) is 11.3. The summed E-state index contributed by atoms with van der Waals surface area (Å²) >= 11 is 0. The SMILES string of the molecule is Cc1ccc(N2CCN(S(=O)(=O)c3c(C)noc3C)CC2)cc1C. The van der Waals surface area contributed by atoms with Gasteiger partial charge in [0.2, 0.25) is 10.0 Å². The van der Waals surface area contributed by atoms with Crippen LogP contribution in [0.1, 0.15) is 22.6 Å². The molecule has 1 aromatic heterocycles. The average Bonchev–Trinajstić information content (AvgIpc) is 2.89. The van der Waals surface area contributed by atoms with Crippen molar-refractivity contribution in [2.45, 2.75) is 32.6 Å². The van der Waals surface area contributed by atoms with Crippen LogP contribution in [0.5, 0.6) is 0 Å². The van der Waals surface area contributed by atoms with Crippen molar-refractivity contribution in [3.63, 3.8) is 0 Å². The van der Waals surface area contributed by atoms with Crippen molar-refractivity contribution in [3.05, 3.63) is 40.8 Å². The maximum absolute atomic E-state index is 12.8. The Morgan fingerprint density at radius 3 is 2.21 bits per heavy atom. The molecule has 1 fully saturated rings.